The Labute approximate surface area is 124 Å². The normalized spacial score (nSPS) is 12.4. The Bertz CT molecular complexity index is 583. The summed E-state index contributed by atoms with van der Waals surface area (Å²) in [7, 11) is 0. The summed E-state index contributed by atoms with van der Waals surface area (Å²) < 4.78 is 13.0. The molecule has 3 heteroatoms. The van der Waals surface area contributed by atoms with Crippen LogP contribution in [-0.4, -0.2) is 11.7 Å². The van der Waals surface area contributed by atoms with Crippen molar-refractivity contribution in [3.05, 3.63) is 70.0 Å². The van der Waals surface area contributed by atoms with E-state index >= 15 is 0 Å². The highest BCUT2D eigenvalue weighted by Crippen LogP contribution is 2.22. The Morgan fingerprint density at radius 2 is 1.95 bits per heavy atom. The lowest BCUT2D eigenvalue weighted by molar-refractivity contribution is 0.225. The van der Waals surface area contributed by atoms with E-state index < -0.39 is 0 Å². The summed E-state index contributed by atoms with van der Waals surface area (Å²) >= 11 is 6.04. The molecule has 20 heavy (non-hydrogen) atoms. The predicted octanol–water partition coefficient (Wildman–Crippen LogP) is 4.18. The minimum atomic E-state index is -0.335. The third kappa shape index (κ3) is 4.06. The molecule has 0 saturated carbocycles. The molecule has 1 N–H and O–H groups in total. The van der Waals surface area contributed by atoms with Crippen molar-refractivity contribution in [1.82, 2.24) is 0 Å². The number of hydrogen-bond acceptors (Lipinski definition) is 1. The van der Waals surface area contributed by atoms with Gasteiger partial charge >= 0.3 is 0 Å². The van der Waals surface area contributed by atoms with Gasteiger partial charge in [-0.2, -0.15) is 0 Å². The largest absolute Gasteiger partial charge is 0.396 e. The van der Waals surface area contributed by atoms with Crippen molar-refractivity contribution in [3.63, 3.8) is 0 Å². The topological polar surface area (TPSA) is 20.2 Å². The molecule has 0 fully saturated rings. The average molecular weight is 293 g/mol. The third-order valence-electron chi connectivity index (χ3n) is 3.39. The van der Waals surface area contributed by atoms with Gasteiger partial charge in [-0.15, -0.1) is 0 Å². The maximum Gasteiger partial charge on any atom is 0.124 e. The number of halogens is 2. The maximum absolute atomic E-state index is 13.0. The molecular weight excluding hydrogens is 275 g/mol. The second kappa shape index (κ2) is 6.87. The Balaban J connectivity index is 2.09. The summed E-state index contributed by atoms with van der Waals surface area (Å²) in [6.07, 6.45) is 1.43. The molecule has 2 rings (SSSR count). The molecular formula is C17H18ClFO. The Hall–Kier alpha value is -1.38. The number of rotatable bonds is 5. The van der Waals surface area contributed by atoms with Gasteiger partial charge in [0.15, 0.2) is 0 Å². The summed E-state index contributed by atoms with van der Waals surface area (Å²) in [5, 5.41) is 9.97. The number of aliphatic hydroxyl groups is 1. The fourth-order valence-corrected chi connectivity index (χ4v) is 2.62. The maximum atomic E-state index is 13.0. The third-order valence-corrected chi connectivity index (χ3v) is 3.74. The fourth-order valence-electron chi connectivity index (χ4n) is 2.37. The highest BCUT2D eigenvalue weighted by Gasteiger charge is 2.12. The van der Waals surface area contributed by atoms with E-state index in [0.717, 1.165) is 12.0 Å². The zero-order valence-corrected chi connectivity index (χ0v) is 12.2. The molecule has 0 spiro atoms. The molecule has 1 unspecified atom stereocenters. The molecule has 2 aromatic rings. The van der Waals surface area contributed by atoms with Gasteiger partial charge in [-0.3, -0.25) is 0 Å². The van der Waals surface area contributed by atoms with E-state index in [1.54, 1.807) is 6.07 Å². The van der Waals surface area contributed by atoms with Crippen LogP contribution in [-0.2, 0) is 12.8 Å². The van der Waals surface area contributed by atoms with Gasteiger partial charge in [0.05, 0.1) is 0 Å². The van der Waals surface area contributed by atoms with Crippen LogP contribution in [0.3, 0.4) is 0 Å². The van der Waals surface area contributed by atoms with Crippen LogP contribution in [0.25, 0.3) is 0 Å². The summed E-state index contributed by atoms with van der Waals surface area (Å²) in [5.41, 5.74) is 3.28. The molecule has 0 aliphatic carbocycles. The van der Waals surface area contributed by atoms with Crippen LogP contribution in [0, 0.1) is 18.7 Å². The van der Waals surface area contributed by atoms with E-state index in [2.05, 4.69) is 12.1 Å². The quantitative estimate of drug-likeness (QED) is 0.876. The van der Waals surface area contributed by atoms with Gasteiger partial charge in [0.2, 0.25) is 0 Å². The number of aryl methyl sites for hydroxylation is 1. The van der Waals surface area contributed by atoms with Gasteiger partial charge in [0, 0.05) is 11.6 Å². The molecule has 0 aliphatic heterocycles. The molecule has 1 atom stereocenters. The minimum absolute atomic E-state index is 0.0831. The van der Waals surface area contributed by atoms with Crippen molar-refractivity contribution < 1.29 is 9.50 Å². The van der Waals surface area contributed by atoms with E-state index in [-0.39, 0.29) is 18.3 Å². The molecule has 0 saturated heterocycles. The van der Waals surface area contributed by atoms with Crippen molar-refractivity contribution in [2.45, 2.75) is 19.8 Å². The molecule has 0 bridgehead atoms. The standard InChI is InChI=1S/C17H18ClFO/c1-12-3-2-4-13(7-12)8-14(11-20)9-15-5-6-16(19)10-17(15)18/h2-7,10,14,20H,8-9,11H2,1H3. The van der Waals surface area contributed by atoms with Crippen molar-refractivity contribution >= 4 is 11.6 Å². The first-order chi connectivity index (χ1) is 9.58. The van der Waals surface area contributed by atoms with Crippen LogP contribution in [0.2, 0.25) is 5.02 Å². The second-order valence-electron chi connectivity index (χ2n) is 5.18. The molecule has 0 heterocycles. The first kappa shape index (κ1) is 15.0. The van der Waals surface area contributed by atoms with Gasteiger partial charge in [0.1, 0.15) is 5.82 Å². The predicted molar refractivity (Wildman–Crippen MR) is 80.6 cm³/mol. The first-order valence-corrected chi connectivity index (χ1v) is 7.06. The van der Waals surface area contributed by atoms with Crippen molar-refractivity contribution in [1.29, 1.82) is 0 Å². The lowest BCUT2D eigenvalue weighted by Crippen LogP contribution is -2.13. The molecule has 106 valence electrons. The zero-order chi connectivity index (χ0) is 14.5. The highest BCUT2D eigenvalue weighted by molar-refractivity contribution is 6.31. The SMILES string of the molecule is Cc1cccc(CC(CO)Cc2ccc(F)cc2Cl)c1. The van der Waals surface area contributed by atoms with Crippen molar-refractivity contribution in [2.75, 3.05) is 6.61 Å². The van der Waals surface area contributed by atoms with Crippen LogP contribution < -0.4 is 0 Å². The van der Waals surface area contributed by atoms with E-state index in [9.17, 15) is 9.50 Å². The Kier molecular flexibility index (Phi) is 5.16. The second-order valence-corrected chi connectivity index (χ2v) is 5.59. The van der Waals surface area contributed by atoms with Crippen molar-refractivity contribution in [3.8, 4) is 0 Å². The highest BCUT2D eigenvalue weighted by atomic mass is 35.5. The average Bonchev–Trinajstić information content (AvgIpc) is 2.41. The van der Waals surface area contributed by atoms with Gasteiger partial charge in [-0.05, 0) is 48.9 Å². The van der Waals surface area contributed by atoms with E-state index in [1.807, 2.05) is 19.1 Å². The molecule has 0 aliphatic rings. The fraction of sp³-hybridized carbons (Fsp3) is 0.294. The van der Waals surface area contributed by atoms with Crippen LogP contribution >= 0.6 is 11.6 Å². The monoisotopic (exact) mass is 292 g/mol. The van der Waals surface area contributed by atoms with Crippen LogP contribution in [0.15, 0.2) is 42.5 Å². The van der Waals surface area contributed by atoms with E-state index in [0.29, 0.717) is 11.4 Å². The van der Waals surface area contributed by atoms with Gasteiger partial charge in [-0.25, -0.2) is 4.39 Å². The minimum Gasteiger partial charge on any atom is -0.396 e. The summed E-state index contributed by atoms with van der Waals surface area (Å²) in [5.74, 6) is -0.252. The number of benzene rings is 2. The van der Waals surface area contributed by atoms with Gasteiger partial charge in [0.25, 0.3) is 0 Å². The Morgan fingerprint density at radius 3 is 2.60 bits per heavy atom. The molecule has 0 amide bonds. The molecule has 0 aromatic heterocycles. The molecule has 0 radical (unpaired) electrons. The lowest BCUT2D eigenvalue weighted by atomic mass is 9.92. The van der Waals surface area contributed by atoms with Crippen molar-refractivity contribution in [2.24, 2.45) is 5.92 Å². The van der Waals surface area contributed by atoms with Gasteiger partial charge < -0.3 is 5.11 Å². The zero-order valence-electron chi connectivity index (χ0n) is 11.4. The smallest absolute Gasteiger partial charge is 0.124 e. The van der Waals surface area contributed by atoms with Gasteiger partial charge in [-0.1, -0.05) is 47.5 Å². The van der Waals surface area contributed by atoms with E-state index in [4.69, 9.17) is 11.6 Å². The van der Waals surface area contributed by atoms with Crippen LogP contribution in [0.5, 0.6) is 0 Å². The first-order valence-electron chi connectivity index (χ1n) is 6.69. The number of aliphatic hydroxyl groups excluding tert-OH is 1. The Morgan fingerprint density at radius 1 is 1.15 bits per heavy atom. The summed E-state index contributed by atoms with van der Waals surface area (Å²) in [4.78, 5) is 0. The summed E-state index contributed by atoms with van der Waals surface area (Å²) in [6.45, 7) is 2.13. The van der Waals surface area contributed by atoms with Crippen LogP contribution in [0.1, 0.15) is 16.7 Å². The molecule has 1 nitrogen and oxygen atoms in total. The summed E-state index contributed by atoms with van der Waals surface area (Å²) in [6, 6.07) is 12.7. The lowest BCUT2D eigenvalue weighted by Gasteiger charge is -2.15. The molecule has 2 aromatic carbocycles. The van der Waals surface area contributed by atoms with Crippen LogP contribution in [0.4, 0.5) is 4.39 Å². The number of hydrogen-bond donors (Lipinski definition) is 1. The van der Waals surface area contributed by atoms with E-state index in [1.165, 1.54) is 23.3 Å².